The minimum Gasteiger partial charge on any atom is -0.550 e. The van der Waals surface area contributed by atoms with E-state index in [9.17, 15) is 14.7 Å². The van der Waals surface area contributed by atoms with Crippen molar-refractivity contribution in [2.75, 3.05) is 41.3 Å². The monoisotopic (exact) mass is 418 g/mol. The number of aliphatic carboxylic acids is 1. The molecule has 1 N–H and O–H groups in total. The molecule has 0 bridgehead atoms. The molecule has 31 heavy (non-hydrogen) atoms. The molecule has 1 amide bonds. The number of rotatable bonds is 5. The highest BCUT2D eigenvalue weighted by molar-refractivity contribution is 5.95. The molecule has 2 aromatic rings. The number of carbonyl (C=O) groups is 2. The highest BCUT2D eigenvalue weighted by Crippen LogP contribution is 2.27. The van der Waals surface area contributed by atoms with Gasteiger partial charge in [0, 0.05) is 55.1 Å². The second-order valence-corrected chi connectivity index (χ2v) is 8.32. The number of nitrogens with zero attached hydrogens (tertiary/aromatic N) is 2. The number of anilines is 3. The Hall–Kier alpha value is -3.28. The van der Waals surface area contributed by atoms with E-state index in [0.717, 1.165) is 31.9 Å². The average Bonchev–Trinajstić information content (AvgIpc) is 2.80. The van der Waals surface area contributed by atoms with Crippen LogP contribution in [0.4, 0.5) is 17.1 Å². The van der Waals surface area contributed by atoms with Crippen LogP contribution in [0.3, 0.4) is 0 Å². The Morgan fingerprint density at radius 3 is 1.81 bits per heavy atom. The number of hydrogen-bond acceptors (Lipinski definition) is 5. The molecular formula is C25H28N3O3-. The topological polar surface area (TPSA) is 75.7 Å². The van der Waals surface area contributed by atoms with Gasteiger partial charge in [0.1, 0.15) is 0 Å². The van der Waals surface area contributed by atoms with Crippen LogP contribution in [-0.2, 0) is 9.59 Å². The number of aryl methyl sites for hydroxylation is 1. The second-order valence-electron chi connectivity index (χ2n) is 8.32. The molecule has 1 saturated heterocycles. The lowest BCUT2D eigenvalue weighted by molar-refractivity contribution is -0.313. The van der Waals surface area contributed by atoms with Crippen LogP contribution in [0.15, 0.2) is 60.7 Å². The van der Waals surface area contributed by atoms with Crippen molar-refractivity contribution < 1.29 is 14.7 Å². The first-order valence-electron chi connectivity index (χ1n) is 10.8. The molecular weight excluding hydrogens is 390 g/mol. The van der Waals surface area contributed by atoms with E-state index >= 15 is 0 Å². The van der Waals surface area contributed by atoms with Crippen LogP contribution in [0.1, 0.15) is 18.4 Å². The van der Waals surface area contributed by atoms with Gasteiger partial charge in [-0.25, -0.2) is 0 Å². The largest absolute Gasteiger partial charge is 0.550 e. The zero-order chi connectivity index (χ0) is 21.8. The summed E-state index contributed by atoms with van der Waals surface area (Å²) in [5.41, 5.74) is 4.33. The molecule has 1 aliphatic carbocycles. The normalized spacial score (nSPS) is 21.1. The van der Waals surface area contributed by atoms with Gasteiger partial charge in [-0.05, 0) is 56.2 Å². The number of carboxylic acid groups (broad SMARTS) is 1. The molecule has 2 aromatic carbocycles. The summed E-state index contributed by atoms with van der Waals surface area (Å²) in [6, 6.07) is 16.4. The van der Waals surface area contributed by atoms with Crippen molar-refractivity contribution in [1.29, 1.82) is 0 Å². The van der Waals surface area contributed by atoms with Gasteiger partial charge in [0.2, 0.25) is 5.91 Å². The Kier molecular flexibility index (Phi) is 6.26. The fourth-order valence-corrected chi connectivity index (χ4v) is 4.33. The van der Waals surface area contributed by atoms with Crippen molar-refractivity contribution in [2.24, 2.45) is 11.8 Å². The zero-order valence-corrected chi connectivity index (χ0v) is 17.8. The number of allylic oxidation sites excluding steroid dienone is 2. The molecule has 6 heteroatoms. The minimum atomic E-state index is -1.16. The first kappa shape index (κ1) is 21.0. The number of carboxylic acids is 1. The molecule has 0 aromatic heterocycles. The fourth-order valence-electron chi connectivity index (χ4n) is 4.33. The number of amides is 1. The lowest BCUT2D eigenvalue weighted by atomic mass is 9.82. The molecule has 1 heterocycles. The van der Waals surface area contributed by atoms with Gasteiger partial charge in [-0.3, -0.25) is 4.79 Å². The van der Waals surface area contributed by atoms with Crippen LogP contribution in [0.2, 0.25) is 0 Å². The Morgan fingerprint density at radius 2 is 1.29 bits per heavy atom. The zero-order valence-electron chi connectivity index (χ0n) is 17.8. The van der Waals surface area contributed by atoms with Crippen LogP contribution in [0.5, 0.6) is 0 Å². The summed E-state index contributed by atoms with van der Waals surface area (Å²) in [5.74, 6) is -2.79. The molecule has 0 spiro atoms. The first-order valence-corrected chi connectivity index (χ1v) is 10.8. The summed E-state index contributed by atoms with van der Waals surface area (Å²) in [7, 11) is 0. The molecule has 2 aliphatic rings. The third kappa shape index (κ3) is 4.90. The predicted octanol–water partition coefficient (Wildman–Crippen LogP) is 2.59. The Balaban J connectivity index is 1.33. The van der Waals surface area contributed by atoms with E-state index in [-0.39, 0.29) is 5.91 Å². The number of carbonyl (C=O) groups excluding carboxylic acids is 2. The van der Waals surface area contributed by atoms with E-state index in [1.54, 1.807) is 6.08 Å². The number of benzene rings is 2. The molecule has 162 valence electrons. The van der Waals surface area contributed by atoms with Crippen LogP contribution in [0, 0.1) is 18.8 Å². The Bertz CT molecular complexity index is 945. The summed E-state index contributed by atoms with van der Waals surface area (Å²) in [6.07, 6.45) is 4.43. The minimum absolute atomic E-state index is 0.266. The van der Waals surface area contributed by atoms with Gasteiger partial charge in [-0.2, -0.15) is 0 Å². The van der Waals surface area contributed by atoms with Gasteiger partial charge < -0.3 is 25.0 Å². The van der Waals surface area contributed by atoms with Crippen LogP contribution >= 0.6 is 0 Å². The predicted molar refractivity (Wildman–Crippen MR) is 121 cm³/mol. The van der Waals surface area contributed by atoms with Gasteiger partial charge in [0.25, 0.3) is 0 Å². The molecule has 0 radical (unpaired) electrons. The summed E-state index contributed by atoms with van der Waals surface area (Å²) >= 11 is 0. The third-order valence-corrected chi connectivity index (χ3v) is 6.25. The quantitative estimate of drug-likeness (QED) is 0.756. The second kappa shape index (κ2) is 9.25. The lowest BCUT2D eigenvalue weighted by Crippen LogP contribution is -2.46. The SMILES string of the molecule is Cc1ccc(N2CCN(c3ccc(NC(=O)[C@H]4CC=CC[C@H]4C(=O)[O-])cc3)CC2)cc1. The van der Waals surface area contributed by atoms with Crippen molar-refractivity contribution in [2.45, 2.75) is 19.8 Å². The lowest BCUT2D eigenvalue weighted by Gasteiger charge is -2.37. The molecule has 0 saturated carbocycles. The van der Waals surface area contributed by atoms with E-state index < -0.39 is 17.8 Å². The van der Waals surface area contributed by atoms with Gasteiger partial charge in [-0.15, -0.1) is 0 Å². The fraction of sp³-hybridized carbons (Fsp3) is 0.360. The maximum Gasteiger partial charge on any atom is 0.228 e. The molecule has 6 nitrogen and oxygen atoms in total. The van der Waals surface area contributed by atoms with Crippen LogP contribution < -0.4 is 20.2 Å². The van der Waals surface area contributed by atoms with E-state index in [1.165, 1.54) is 11.3 Å². The van der Waals surface area contributed by atoms with Gasteiger partial charge in [-0.1, -0.05) is 29.8 Å². The smallest absolute Gasteiger partial charge is 0.228 e. The van der Waals surface area contributed by atoms with E-state index in [4.69, 9.17) is 0 Å². The maximum absolute atomic E-state index is 12.6. The summed E-state index contributed by atoms with van der Waals surface area (Å²) in [5, 5.41) is 14.2. The van der Waals surface area contributed by atoms with Crippen molar-refractivity contribution in [1.82, 2.24) is 0 Å². The Morgan fingerprint density at radius 1 is 0.806 bits per heavy atom. The summed E-state index contributed by atoms with van der Waals surface area (Å²) in [4.78, 5) is 28.7. The highest BCUT2D eigenvalue weighted by atomic mass is 16.4. The van der Waals surface area contributed by atoms with Crippen LogP contribution in [-0.4, -0.2) is 38.1 Å². The van der Waals surface area contributed by atoms with Crippen molar-refractivity contribution in [3.8, 4) is 0 Å². The van der Waals surface area contributed by atoms with E-state index in [1.807, 2.05) is 30.3 Å². The molecule has 1 fully saturated rings. The number of hydrogen-bond donors (Lipinski definition) is 1. The first-order chi connectivity index (χ1) is 15.0. The standard InChI is InChI=1S/C25H29N3O3/c1-18-6-10-20(11-7-18)27-14-16-28(17-15-27)21-12-8-19(9-13-21)26-24(29)22-4-2-3-5-23(22)25(30)31/h2-3,6-13,22-23H,4-5,14-17H2,1H3,(H,26,29)(H,30,31)/p-1/t22-,23+/m0/s1. The number of nitrogens with one attached hydrogen (secondary N) is 1. The highest BCUT2D eigenvalue weighted by Gasteiger charge is 2.29. The molecule has 4 rings (SSSR count). The van der Waals surface area contributed by atoms with Gasteiger partial charge >= 0.3 is 0 Å². The third-order valence-electron chi connectivity index (χ3n) is 6.25. The maximum atomic E-state index is 12.6. The number of piperazine rings is 1. The van der Waals surface area contributed by atoms with E-state index in [2.05, 4.69) is 46.3 Å². The average molecular weight is 419 g/mol. The molecule has 2 atom stereocenters. The Labute approximate surface area is 183 Å². The van der Waals surface area contributed by atoms with Crippen molar-refractivity contribution >= 4 is 28.9 Å². The van der Waals surface area contributed by atoms with Crippen LogP contribution in [0.25, 0.3) is 0 Å². The molecule has 1 aliphatic heterocycles. The van der Waals surface area contributed by atoms with Crippen molar-refractivity contribution in [3.63, 3.8) is 0 Å². The molecule has 0 unspecified atom stereocenters. The van der Waals surface area contributed by atoms with Gasteiger partial charge in [0.15, 0.2) is 0 Å². The van der Waals surface area contributed by atoms with Gasteiger partial charge in [0.05, 0.1) is 5.92 Å². The summed E-state index contributed by atoms with van der Waals surface area (Å²) in [6.45, 7) is 5.88. The van der Waals surface area contributed by atoms with Crippen molar-refractivity contribution in [3.05, 3.63) is 66.2 Å². The van der Waals surface area contributed by atoms with E-state index in [0.29, 0.717) is 18.5 Å². The summed E-state index contributed by atoms with van der Waals surface area (Å²) < 4.78 is 0.